The maximum atomic E-state index is 5.62. The summed E-state index contributed by atoms with van der Waals surface area (Å²) in [5.41, 5.74) is 2.63. The van der Waals surface area contributed by atoms with Crippen LogP contribution in [0.3, 0.4) is 0 Å². The zero-order valence-electron chi connectivity index (χ0n) is 13.2. The maximum Gasteiger partial charge on any atom is 0.225 e. The highest BCUT2D eigenvalue weighted by Gasteiger charge is 2.17. The Labute approximate surface area is 138 Å². The van der Waals surface area contributed by atoms with E-state index < -0.39 is 0 Å². The highest BCUT2D eigenvalue weighted by Crippen LogP contribution is 2.34. The zero-order valence-corrected chi connectivity index (χ0v) is 13.2. The Balaban J connectivity index is 1.49. The number of hydrogen-bond acceptors (Lipinski definition) is 6. The Hall–Kier alpha value is -2.83. The number of imidazole rings is 1. The number of fused-ring (bicyclic) bond motifs is 2. The van der Waals surface area contributed by atoms with Crippen LogP contribution in [0.4, 0.5) is 5.95 Å². The van der Waals surface area contributed by atoms with Crippen molar-refractivity contribution in [3.63, 3.8) is 0 Å². The second kappa shape index (κ2) is 5.36. The summed E-state index contributed by atoms with van der Waals surface area (Å²) in [5.74, 6) is 3.04. The Morgan fingerprint density at radius 1 is 0.958 bits per heavy atom. The predicted molar refractivity (Wildman–Crippen MR) is 89.6 cm³/mol. The minimum Gasteiger partial charge on any atom is -0.486 e. The Kier molecular flexibility index (Phi) is 3.04. The highest BCUT2D eigenvalue weighted by atomic mass is 16.6. The van der Waals surface area contributed by atoms with Crippen molar-refractivity contribution >= 4 is 17.0 Å². The van der Waals surface area contributed by atoms with E-state index in [1.807, 2.05) is 24.5 Å². The minimum atomic E-state index is 0.571. The second-order valence-corrected chi connectivity index (χ2v) is 6.06. The van der Waals surface area contributed by atoms with Crippen LogP contribution in [0.25, 0.3) is 22.4 Å². The van der Waals surface area contributed by atoms with E-state index in [9.17, 15) is 0 Å². The predicted octanol–water partition coefficient (Wildman–Crippen LogP) is 2.39. The molecule has 24 heavy (non-hydrogen) atoms. The summed E-state index contributed by atoms with van der Waals surface area (Å²) in [6.07, 6.45) is 6.07. The van der Waals surface area contributed by atoms with Gasteiger partial charge in [0, 0.05) is 37.6 Å². The van der Waals surface area contributed by atoms with Gasteiger partial charge in [-0.1, -0.05) is 0 Å². The third-order valence-corrected chi connectivity index (χ3v) is 4.45. The van der Waals surface area contributed by atoms with Crippen LogP contribution in [-0.4, -0.2) is 46.2 Å². The van der Waals surface area contributed by atoms with Gasteiger partial charge >= 0.3 is 0 Å². The molecule has 0 atom stereocenters. The van der Waals surface area contributed by atoms with Crippen molar-refractivity contribution in [2.45, 2.75) is 12.8 Å². The van der Waals surface area contributed by atoms with Gasteiger partial charge in [-0.15, -0.1) is 0 Å². The summed E-state index contributed by atoms with van der Waals surface area (Å²) < 4.78 is 11.2. The van der Waals surface area contributed by atoms with Gasteiger partial charge in [0.15, 0.2) is 11.5 Å². The van der Waals surface area contributed by atoms with Crippen LogP contribution in [-0.2, 0) is 0 Å². The van der Waals surface area contributed by atoms with E-state index in [1.165, 1.54) is 12.8 Å². The Bertz CT molecular complexity index is 841. The average molecular weight is 323 g/mol. The van der Waals surface area contributed by atoms with Gasteiger partial charge in [-0.2, -0.15) is 0 Å². The smallest absolute Gasteiger partial charge is 0.225 e. The number of aromatic amines is 1. The number of hydrogen-bond donors (Lipinski definition) is 1. The first-order valence-corrected chi connectivity index (χ1v) is 8.23. The summed E-state index contributed by atoms with van der Waals surface area (Å²) in [6, 6.07) is 3.84. The van der Waals surface area contributed by atoms with E-state index in [4.69, 9.17) is 9.47 Å². The molecule has 1 aromatic carbocycles. The van der Waals surface area contributed by atoms with Crippen LogP contribution < -0.4 is 14.4 Å². The standard InChI is InChI=1S/C17H17N5O2/c1-2-4-22(3-1)17-18-9-11(10-19-17)16-20-12-7-14-15(8-13(12)21-16)24-6-5-23-14/h7-10H,1-6H2,(H,20,21). The minimum absolute atomic E-state index is 0.571. The van der Waals surface area contributed by atoms with Gasteiger partial charge in [-0.05, 0) is 12.8 Å². The molecule has 5 rings (SSSR count). The third kappa shape index (κ3) is 2.24. The molecule has 122 valence electrons. The molecular weight excluding hydrogens is 306 g/mol. The lowest BCUT2D eigenvalue weighted by atomic mass is 10.2. The second-order valence-electron chi connectivity index (χ2n) is 6.06. The maximum absolute atomic E-state index is 5.62. The van der Waals surface area contributed by atoms with Crippen LogP contribution in [0.15, 0.2) is 24.5 Å². The van der Waals surface area contributed by atoms with E-state index in [1.54, 1.807) is 0 Å². The van der Waals surface area contributed by atoms with E-state index >= 15 is 0 Å². The van der Waals surface area contributed by atoms with Gasteiger partial charge in [0.25, 0.3) is 0 Å². The van der Waals surface area contributed by atoms with Gasteiger partial charge in [0.05, 0.1) is 16.6 Å². The fourth-order valence-corrected chi connectivity index (χ4v) is 3.21. The topological polar surface area (TPSA) is 76.2 Å². The summed E-state index contributed by atoms with van der Waals surface area (Å²) >= 11 is 0. The number of ether oxygens (including phenoxy) is 2. The van der Waals surface area contributed by atoms with Gasteiger partial charge in [0.1, 0.15) is 19.0 Å². The van der Waals surface area contributed by atoms with Crippen molar-refractivity contribution in [2.24, 2.45) is 0 Å². The van der Waals surface area contributed by atoms with Crippen LogP contribution in [0.1, 0.15) is 12.8 Å². The van der Waals surface area contributed by atoms with Gasteiger partial charge in [-0.25, -0.2) is 15.0 Å². The Morgan fingerprint density at radius 3 is 2.42 bits per heavy atom. The van der Waals surface area contributed by atoms with E-state index in [0.29, 0.717) is 13.2 Å². The number of nitrogens with one attached hydrogen (secondary N) is 1. The first-order valence-electron chi connectivity index (χ1n) is 8.23. The zero-order chi connectivity index (χ0) is 15.9. The monoisotopic (exact) mass is 323 g/mol. The number of rotatable bonds is 2. The summed E-state index contributed by atoms with van der Waals surface area (Å²) in [7, 11) is 0. The SMILES string of the molecule is c1nc(N2CCCC2)ncc1-c1nc2cc3c(cc2[nH]1)OCCO3. The average Bonchev–Trinajstić information content (AvgIpc) is 3.29. The Morgan fingerprint density at radius 2 is 1.67 bits per heavy atom. The number of nitrogens with zero attached hydrogens (tertiary/aromatic N) is 4. The first-order chi connectivity index (χ1) is 11.9. The molecule has 2 aliphatic rings. The fourth-order valence-electron chi connectivity index (χ4n) is 3.21. The van der Waals surface area contributed by atoms with Crippen LogP contribution in [0.2, 0.25) is 0 Å². The molecule has 7 nitrogen and oxygen atoms in total. The van der Waals surface area contributed by atoms with Crippen molar-refractivity contribution < 1.29 is 9.47 Å². The molecule has 4 heterocycles. The third-order valence-electron chi connectivity index (χ3n) is 4.45. The summed E-state index contributed by atoms with van der Waals surface area (Å²) in [6.45, 7) is 3.22. The molecule has 0 bridgehead atoms. The molecule has 1 fully saturated rings. The molecule has 0 unspecified atom stereocenters. The molecular formula is C17H17N5O2. The van der Waals surface area contributed by atoms with Gasteiger partial charge in [0.2, 0.25) is 5.95 Å². The fraction of sp³-hybridized carbons (Fsp3) is 0.353. The number of H-pyrrole nitrogens is 1. The lowest BCUT2D eigenvalue weighted by Gasteiger charge is -2.17. The molecule has 0 spiro atoms. The molecule has 0 radical (unpaired) electrons. The van der Waals surface area contributed by atoms with Gasteiger partial charge in [-0.3, -0.25) is 0 Å². The molecule has 7 heteroatoms. The lowest BCUT2D eigenvalue weighted by Crippen LogP contribution is -2.20. The largest absolute Gasteiger partial charge is 0.486 e. The molecule has 2 aromatic heterocycles. The van der Waals surface area contributed by atoms with E-state index in [-0.39, 0.29) is 0 Å². The van der Waals surface area contributed by atoms with E-state index in [0.717, 1.165) is 53.0 Å². The molecule has 0 aliphatic carbocycles. The van der Waals surface area contributed by atoms with Crippen molar-refractivity contribution in [1.82, 2.24) is 19.9 Å². The lowest BCUT2D eigenvalue weighted by molar-refractivity contribution is 0.172. The number of benzene rings is 1. The number of aromatic nitrogens is 4. The van der Waals surface area contributed by atoms with Crippen molar-refractivity contribution in [3.05, 3.63) is 24.5 Å². The van der Waals surface area contributed by atoms with E-state index in [2.05, 4.69) is 24.8 Å². The highest BCUT2D eigenvalue weighted by molar-refractivity contribution is 5.83. The van der Waals surface area contributed by atoms with Crippen molar-refractivity contribution in [2.75, 3.05) is 31.2 Å². The van der Waals surface area contributed by atoms with Crippen molar-refractivity contribution in [1.29, 1.82) is 0 Å². The number of anilines is 1. The quantitative estimate of drug-likeness (QED) is 0.780. The van der Waals surface area contributed by atoms with Crippen LogP contribution in [0, 0.1) is 0 Å². The van der Waals surface area contributed by atoms with Gasteiger partial charge < -0.3 is 19.4 Å². The normalized spacial score (nSPS) is 16.8. The molecule has 1 saturated heterocycles. The van der Waals surface area contributed by atoms with Crippen LogP contribution in [0.5, 0.6) is 11.5 Å². The molecule has 0 amide bonds. The van der Waals surface area contributed by atoms with Crippen molar-refractivity contribution in [3.8, 4) is 22.9 Å². The summed E-state index contributed by atoms with van der Waals surface area (Å²) in [4.78, 5) is 19.1. The molecule has 3 aromatic rings. The molecule has 0 saturated carbocycles. The first kappa shape index (κ1) is 13.6. The van der Waals surface area contributed by atoms with Crippen LogP contribution >= 0.6 is 0 Å². The molecule has 2 aliphatic heterocycles. The summed E-state index contributed by atoms with van der Waals surface area (Å²) in [5, 5.41) is 0. The molecule has 1 N–H and O–H groups in total.